The molecule has 0 aromatic heterocycles. The Kier molecular flexibility index (Phi) is 5.77. The molecule has 0 spiro atoms. The fraction of sp³-hybridized carbons (Fsp3) is 0.235. The summed E-state index contributed by atoms with van der Waals surface area (Å²) in [6, 6.07) is 11.4. The molecular formula is C17H16F3NO2S. The van der Waals surface area contributed by atoms with Crippen molar-refractivity contribution < 1.29 is 22.7 Å². The quantitative estimate of drug-likeness (QED) is 0.775. The standard InChI is InChI=1S/C17H16F3NO2S/c1-11-7-8-12(9-14(11)23-2)16(22)21-13-5-3-4-6-15(13)24-10-17(18,19)20/h3-9H,10H2,1-2H3,(H,21,22). The number of hydrogen-bond acceptors (Lipinski definition) is 3. The molecule has 2 aromatic rings. The van der Waals surface area contributed by atoms with Crippen molar-refractivity contribution in [3.63, 3.8) is 0 Å². The second-order valence-corrected chi connectivity index (χ2v) is 6.06. The molecule has 7 heteroatoms. The highest BCUT2D eigenvalue weighted by molar-refractivity contribution is 7.99. The monoisotopic (exact) mass is 355 g/mol. The van der Waals surface area contributed by atoms with E-state index >= 15 is 0 Å². The summed E-state index contributed by atoms with van der Waals surface area (Å²) in [6.45, 7) is 1.85. The number of ether oxygens (including phenoxy) is 1. The molecule has 0 bridgehead atoms. The first-order chi connectivity index (χ1) is 11.3. The third kappa shape index (κ3) is 4.92. The predicted molar refractivity (Wildman–Crippen MR) is 88.9 cm³/mol. The predicted octanol–water partition coefficient (Wildman–Crippen LogP) is 4.91. The van der Waals surface area contributed by atoms with Gasteiger partial charge in [0.1, 0.15) is 5.75 Å². The Bertz CT molecular complexity index is 732. The number of anilines is 1. The first-order valence-corrected chi connectivity index (χ1v) is 8.03. The van der Waals surface area contributed by atoms with Crippen molar-refractivity contribution in [2.24, 2.45) is 0 Å². The maximum atomic E-state index is 12.4. The molecule has 0 fully saturated rings. The zero-order valence-corrected chi connectivity index (χ0v) is 13.9. The second-order valence-electron chi connectivity index (χ2n) is 5.04. The maximum Gasteiger partial charge on any atom is 0.398 e. The van der Waals surface area contributed by atoms with Crippen LogP contribution in [0.4, 0.5) is 18.9 Å². The van der Waals surface area contributed by atoms with Gasteiger partial charge in [0.15, 0.2) is 0 Å². The van der Waals surface area contributed by atoms with E-state index in [0.717, 1.165) is 5.56 Å². The summed E-state index contributed by atoms with van der Waals surface area (Å²) in [7, 11) is 1.51. The Morgan fingerprint density at radius 2 is 1.92 bits per heavy atom. The summed E-state index contributed by atoms with van der Waals surface area (Å²) in [4.78, 5) is 12.7. The number of hydrogen-bond donors (Lipinski definition) is 1. The summed E-state index contributed by atoms with van der Waals surface area (Å²) in [6.07, 6.45) is -4.27. The first-order valence-electron chi connectivity index (χ1n) is 7.05. The number of carbonyl (C=O) groups is 1. The smallest absolute Gasteiger partial charge is 0.398 e. The summed E-state index contributed by atoms with van der Waals surface area (Å²) in [5.74, 6) is -0.853. The summed E-state index contributed by atoms with van der Waals surface area (Å²) in [5.41, 5.74) is 1.60. The molecule has 1 amide bonds. The van der Waals surface area contributed by atoms with Crippen LogP contribution in [0, 0.1) is 6.92 Å². The van der Waals surface area contributed by atoms with Crippen LogP contribution in [0.2, 0.25) is 0 Å². The Hall–Kier alpha value is -2.15. The van der Waals surface area contributed by atoms with Crippen LogP contribution in [-0.2, 0) is 0 Å². The SMILES string of the molecule is COc1cc(C(=O)Nc2ccccc2SCC(F)(F)F)ccc1C. The van der Waals surface area contributed by atoms with E-state index in [9.17, 15) is 18.0 Å². The van der Waals surface area contributed by atoms with Crippen molar-refractivity contribution in [1.29, 1.82) is 0 Å². The molecule has 0 aliphatic heterocycles. The lowest BCUT2D eigenvalue weighted by molar-refractivity contribution is -0.105. The number of methoxy groups -OCH3 is 1. The lowest BCUT2D eigenvalue weighted by Gasteiger charge is -2.13. The van der Waals surface area contributed by atoms with Crippen LogP contribution in [-0.4, -0.2) is 24.9 Å². The molecule has 0 aliphatic rings. The van der Waals surface area contributed by atoms with E-state index in [2.05, 4.69) is 5.32 Å². The Balaban J connectivity index is 2.17. The molecule has 2 aromatic carbocycles. The first kappa shape index (κ1) is 18.2. The van der Waals surface area contributed by atoms with Gasteiger partial charge in [0.25, 0.3) is 5.91 Å². The van der Waals surface area contributed by atoms with E-state index < -0.39 is 17.8 Å². The van der Waals surface area contributed by atoms with Gasteiger partial charge in [-0.15, -0.1) is 11.8 Å². The van der Waals surface area contributed by atoms with E-state index in [1.54, 1.807) is 42.5 Å². The number of halogens is 3. The second kappa shape index (κ2) is 7.61. The summed E-state index contributed by atoms with van der Waals surface area (Å²) >= 11 is 0.637. The number of aryl methyl sites for hydroxylation is 1. The zero-order chi connectivity index (χ0) is 17.7. The molecule has 0 atom stereocenters. The molecule has 0 unspecified atom stereocenters. The minimum atomic E-state index is -4.27. The molecule has 3 nitrogen and oxygen atoms in total. The average Bonchev–Trinajstić information content (AvgIpc) is 2.53. The highest BCUT2D eigenvalue weighted by Crippen LogP contribution is 2.32. The van der Waals surface area contributed by atoms with Gasteiger partial charge in [-0.2, -0.15) is 13.2 Å². The Labute approximate surface area is 142 Å². The summed E-state index contributed by atoms with van der Waals surface area (Å²) < 4.78 is 42.4. The van der Waals surface area contributed by atoms with Gasteiger partial charge in [-0.25, -0.2) is 0 Å². The van der Waals surface area contributed by atoms with Crippen LogP contribution in [0.3, 0.4) is 0 Å². The van der Waals surface area contributed by atoms with Gasteiger partial charge in [-0.05, 0) is 36.8 Å². The molecule has 1 N–H and O–H groups in total. The van der Waals surface area contributed by atoms with Crippen LogP contribution < -0.4 is 10.1 Å². The van der Waals surface area contributed by atoms with Crippen molar-refractivity contribution in [3.05, 3.63) is 53.6 Å². The Morgan fingerprint density at radius 1 is 1.21 bits per heavy atom. The van der Waals surface area contributed by atoms with Gasteiger partial charge in [0.05, 0.1) is 18.6 Å². The van der Waals surface area contributed by atoms with Crippen LogP contribution in [0.5, 0.6) is 5.75 Å². The van der Waals surface area contributed by atoms with E-state index in [4.69, 9.17) is 4.74 Å². The molecule has 0 heterocycles. The largest absolute Gasteiger partial charge is 0.496 e. The number of rotatable bonds is 5. The molecule has 0 aliphatic carbocycles. The molecule has 2 rings (SSSR count). The third-order valence-electron chi connectivity index (χ3n) is 3.20. The molecule has 24 heavy (non-hydrogen) atoms. The van der Waals surface area contributed by atoms with Gasteiger partial charge in [0.2, 0.25) is 0 Å². The molecule has 0 radical (unpaired) electrons. The van der Waals surface area contributed by atoms with E-state index in [1.165, 1.54) is 7.11 Å². The Morgan fingerprint density at radius 3 is 2.58 bits per heavy atom. The average molecular weight is 355 g/mol. The lowest BCUT2D eigenvalue weighted by atomic mass is 10.1. The molecule has 128 valence electrons. The van der Waals surface area contributed by atoms with Crippen LogP contribution in [0.25, 0.3) is 0 Å². The lowest BCUT2D eigenvalue weighted by Crippen LogP contribution is -2.14. The highest BCUT2D eigenvalue weighted by Gasteiger charge is 2.27. The minimum Gasteiger partial charge on any atom is -0.496 e. The van der Waals surface area contributed by atoms with Crippen molar-refractivity contribution in [2.45, 2.75) is 18.0 Å². The number of para-hydroxylation sites is 1. The molecular weight excluding hydrogens is 339 g/mol. The normalized spacial score (nSPS) is 11.2. The number of alkyl halides is 3. The minimum absolute atomic E-state index is 0.344. The van der Waals surface area contributed by atoms with Crippen LogP contribution >= 0.6 is 11.8 Å². The van der Waals surface area contributed by atoms with E-state index in [0.29, 0.717) is 33.7 Å². The summed E-state index contributed by atoms with van der Waals surface area (Å²) in [5, 5.41) is 2.65. The number of amides is 1. The van der Waals surface area contributed by atoms with Crippen molar-refractivity contribution >= 4 is 23.4 Å². The fourth-order valence-electron chi connectivity index (χ4n) is 2.01. The van der Waals surface area contributed by atoms with E-state index in [-0.39, 0.29) is 0 Å². The molecule has 0 saturated heterocycles. The van der Waals surface area contributed by atoms with E-state index in [1.807, 2.05) is 6.92 Å². The molecule has 0 saturated carbocycles. The van der Waals surface area contributed by atoms with Crippen LogP contribution in [0.15, 0.2) is 47.4 Å². The van der Waals surface area contributed by atoms with Crippen molar-refractivity contribution in [1.82, 2.24) is 0 Å². The van der Waals surface area contributed by atoms with Gasteiger partial charge >= 0.3 is 6.18 Å². The van der Waals surface area contributed by atoms with Gasteiger partial charge in [-0.3, -0.25) is 4.79 Å². The number of nitrogens with one attached hydrogen (secondary N) is 1. The van der Waals surface area contributed by atoms with Gasteiger partial charge in [-0.1, -0.05) is 18.2 Å². The number of benzene rings is 2. The highest BCUT2D eigenvalue weighted by atomic mass is 32.2. The zero-order valence-electron chi connectivity index (χ0n) is 13.1. The fourth-order valence-corrected chi connectivity index (χ4v) is 2.78. The number of carbonyl (C=O) groups excluding carboxylic acids is 1. The topological polar surface area (TPSA) is 38.3 Å². The van der Waals surface area contributed by atoms with Crippen LogP contribution in [0.1, 0.15) is 15.9 Å². The maximum absolute atomic E-state index is 12.4. The van der Waals surface area contributed by atoms with Gasteiger partial charge < -0.3 is 10.1 Å². The van der Waals surface area contributed by atoms with Crippen molar-refractivity contribution in [2.75, 3.05) is 18.2 Å². The number of thioether (sulfide) groups is 1. The van der Waals surface area contributed by atoms with Crippen molar-refractivity contribution in [3.8, 4) is 5.75 Å². The third-order valence-corrected chi connectivity index (χ3v) is 4.34. The van der Waals surface area contributed by atoms with Gasteiger partial charge in [0, 0.05) is 10.5 Å².